The Bertz CT molecular complexity index is 619. The van der Waals surface area contributed by atoms with E-state index in [4.69, 9.17) is 4.74 Å². The fraction of sp³-hybridized carbons (Fsp3) is 0.200. The molecule has 0 spiro atoms. The van der Waals surface area contributed by atoms with Gasteiger partial charge in [0.15, 0.2) is 0 Å². The van der Waals surface area contributed by atoms with Crippen molar-refractivity contribution < 1.29 is 14.2 Å². The molecule has 1 unspecified atom stereocenters. The zero-order chi connectivity index (χ0) is 14.7. The van der Waals surface area contributed by atoms with Crippen molar-refractivity contribution in [1.82, 2.24) is 0 Å². The second kappa shape index (κ2) is 6.13. The van der Waals surface area contributed by atoms with E-state index < -0.39 is 0 Å². The molecule has 2 aromatic rings. The van der Waals surface area contributed by atoms with E-state index >= 15 is 0 Å². The molecule has 2 rings (SSSR count). The van der Waals surface area contributed by atoms with E-state index in [9.17, 15) is 9.50 Å². The predicted octanol–water partition coefficient (Wildman–Crippen LogP) is 4.48. The SMILES string of the molecule is COc1ccc(Br)cc1NC(C)c1cc(F)ccc1O. The number of hydrogen-bond acceptors (Lipinski definition) is 3. The third kappa shape index (κ3) is 3.22. The van der Waals surface area contributed by atoms with Gasteiger partial charge in [-0.1, -0.05) is 15.9 Å². The minimum atomic E-state index is -0.382. The maximum absolute atomic E-state index is 13.3. The smallest absolute Gasteiger partial charge is 0.142 e. The lowest BCUT2D eigenvalue weighted by molar-refractivity contribution is 0.415. The van der Waals surface area contributed by atoms with Crippen LogP contribution >= 0.6 is 15.9 Å². The fourth-order valence-corrected chi connectivity index (χ4v) is 2.34. The maximum atomic E-state index is 13.3. The van der Waals surface area contributed by atoms with Crippen LogP contribution in [-0.2, 0) is 0 Å². The quantitative estimate of drug-likeness (QED) is 0.863. The third-order valence-electron chi connectivity index (χ3n) is 2.99. The predicted molar refractivity (Wildman–Crippen MR) is 80.8 cm³/mol. The van der Waals surface area contributed by atoms with Crippen LogP contribution in [0.4, 0.5) is 10.1 Å². The van der Waals surface area contributed by atoms with Crippen LogP contribution in [0.3, 0.4) is 0 Å². The topological polar surface area (TPSA) is 41.5 Å². The molecular weight excluding hydrogens is 325 g/mol. The Hall–Kier alpha value is -1.75. The van der Waals surface area contributed by atoms with Crippen molar-refractivity contribution in [2.45, 2.75) is 13.0 Å². The van der Waals surface area contributed by atoms with Crippen LogP contribution in [-0.4, -0.2) is 12.2 Å². The normalized spacial score (nSPS) is 12.0. The average Bonchev–Trinajstić information content (AvgIpc) is 2.41. The number of aromatic hydroxyl groups is 1. The number of benzene rings is 2. The first kappa shape index (κ1) is 14.7. The molecule has 0 amide bonds. The highest BCUT2D eigenvalue weighted by molar-refractivity contribution is 9.10. The lowest BCUT2D eigenvalue weighted by Gasteiger charge is -2.19. The zero-order valence-electron chi connectivity index (χ0n) is 11.2. The minimum absolute atomic E-state index is 0.0559. The number of phenolic OH excluding ortho intramolecular Hbond substituents is 1. The van der Waals surface area contributed by atoms with Gasteiger partial charge in [0.05, 0.1) is 18.8 Å². The van der Waals surface area contributed by atoms with Crippen LogP contribution in [0.5, 0.6) is 11.5 Å². The van der Waals surface area contributed by atoms with Crippen molar-refractivity contribution in [2.75, 3.05) is 12.4 Å². The molecule has 0 saturated carbocycles. The van der Waals surface area contributed by atoms with Crippen LogP contribution in [0.1, 0.15) is 18.5 Å². The summed E-state index contributed by atoms with van der Waals surface area (Å²) in [7, 11) is 1.58. The molecule has 0 aromatic heterocycles. The van der Waals surface area contributed by atoms with E-state index in [0.29, 0.717) is 11.3 Å². The summed E-state index contributed by atoms with van der Waals surface area (Å²) in [5, 5.41) is 13.0. The van der Waals surface area contributed by atoms with Crippen LogP contribution in [0.2, 0.25) is 0 Å². The fourth-order valence-electron chi connectivity index (χ4n) is 1.98. The number of ether oxygens (including phenoxy) is 1. The molecule has 2 N–H and O–H groups in total. The highest BCUT2D eigenvalue weighted by Gasteiger charge is 2.13. The third-order valence-corrected chi connectivity index (χ3v) is 3.48. The Kier molecular flexibility index (Phi) is 4.49. The second-order valence-electron chi connectivity index (χ2n) is 4.41. The molecule has 0 radical (unpaired) electrons. The minimum Gasteiger partial charge on any atom is -0.508 e. The molecule has 0 saturated heterocycles. The van der Waals surface area contributed by atoms with E-state index in [1.165, 1.54) is 18.2 Å². The lowest BCUT2D eigenvalue weighted by Crippen LogP contribution is -2.08. The number of hydrogen-bond donors (Lipinski definition) is 2. The van der Waals surface area contributed by atoms with Gasteiger partial charge in [-0.3, -0.25) is 0 Å². The summed E-state index contributed by atoms with van der Waals surface area (Å²) >= 11 is 3.39. The van der Waals surface area contributed by atoms with Crippen molar-refractivity contribution in [3.8, 4) is 11.5 Å². The van der Waals surface area contributed by atoms with Crippen LogP contribution in [0, 0.1) is 5.82 Å². The molecule has 2 aromatic carbocycles. The number of rotatable bonds is 4. The van der Waals surface area contributed by atoms with Crippen molar-refractivity contribution in [2.24, 2.45) is 0 Å². The van der Waals surface area contributed by atoms with Gasteiger partial charge in [0, 0.05) is 10.0 Å². The van der Waals surface area contributed by atoms with Gasteiger partial charge in [0.2, 0.25) is 0 Å². The maximum Gasteiger partial charge on any atom is 0.142 e. The summed E-state index contributed by atoms with van der Waals surface area (Å²) in [6, 6.07) is 9.18. The summed E-state index contributed by atoms with van der Waals surface area (Å²) in [5.74, 6) is 0.351. The molecule has 0 bridgehead atoms. The molecular formula is C15H15BrFNO2. The van der Waals surface area contributed by atoms with Crippen molar-refractivity contribution in [1.29, 1.82) is 0 Å². The first-order valence-electron chi connectivity index (χ1n) is 6.09. The van der Waals surface area contributed by atoms with E-state index in [-0.39, 0.29) is 17.6 Å². The highest BCUT2D eigenvalue weighted by Crippen LogP contribution is 2.33. The largest absolute Gasteiger partial charge is 0.508 e. The van der Waals surface area contributed by atoms with Crippen molar-refractivity contribution >= 4 is 21.6 Å². The summed E-state index contributed by atoms with van der Waals surface area (Å²) in [6.45, 7) is 1.84. The Labute approximate surface area is 125 Å². The van der Waals surface area contributed by atoms with E-state index in [0.717, 1.165) is 10.2 Å². The van der Waals surface area contributed by atoms with Crippen molar-refractivity contribution in [3.63, 3.8) is 0 Å². The van der Waals surface area contributed by atoms with Gasteiger partial charge in [0.1, 0.15) is 17.3 Å². The molecule has 1 atom stereocenters. The van der Waals surface area contributed by atoms with Gasteiger partial charge < -0.3 is 15.2 Å². The van der Waals surface area contributed by atoms with Gasteiger partial charge >= 0.3 is 0 Å². The van der Waals surface area contributed by atoms with E-state index in [2.05, 4.69) is 21.2 Å². The molecule has 5 heteroatoms. The second-order valence-corrected chi connectivity index (χ2v) is 5.33. The molecule has 106 valence electrons. The van der Waals surface area contributed by atoms with Gasteiger partial charge in [-0.15, -0.1) is 0 Å². The number of phenols is 1. The first-order valence-corrected chi connectivity index (χ1v) is 6.89. The molecule has 0 aliphatic heterocycles. The molecule has 0 aliphatic carbocycles. The molecule has 3 nitrogen and oxygen atoms in total. The Morgan fingerprint density at radius 2 is 2.00 bits per heavy atom. The van der Waals surface area contributed by atoms with Crippen molar-refractivity contribution in [3.05, 3.63) is 52.3 Å². The summed E-state index contributed by atoms with van der Waals surface area (Å²) in [5.41, 5.74) is 1.25. The monoisotopic (exact) mass is 339 g/mol. The van der Waals surface area contributed by atoms with Crippen LogP contribution < -0.4 is 10.1 Å². The van der Waals surface area contributed by atoms with Crippen LogP contribution in [0.25, 0.3) is 0 Å². The summed E-state index contributed by atoms with van der Waals surface area (Å²) < 4.78 is 19.5. The van der Waals surface area contributed by atoms with Gasteiger partial charge in [-0.05, 0) is 43.3 Å². The van der Waals surface area contributed by atoms with E-state index in [1.807, 2.05) is 25.1 Å². The van der Waals surface area contributed by atoms with Gasteiger partial charge in [-0.2, -0.15) is 0 Å². The number of anilines is 1. The Morgan fingerprint density at radius 3 is 2.70 bits per heavy atom. The zero-order valence-corrected chi connectivity index (χ0v) is 12.7. The standard InChI is InChI=1S/C15H15BrFNO2/c1-9(12-8-11(17)4-5-14(12)19)18-13-7-10(16)3-6-15(13)20-2/h3-9,18-19H,1-2H3. The van der Waals surface area contributed by atoms with Crippen LogP contribution in [0.15, 0.2) is 40.9 Å². The van der Waals surface area contributed by atoms with E-state index in [1.54, 1.807) is 7.11 Å². The molecule has 0 fully saturated rings. The van der Waals surface area contributed by atoms with Gasteiger partial charge in [0.25, 0.3) is 0 Å². The molecule has 0 aliphatic rings. The average molecular weight is 340 g/mol. The molecule has 0 heterocycles. The molecule has 20 heavy (non-hydrogen) atoms. The van der Waals surface area contributed by atoms with Gasteiger partial charge in [-0.25, -0.2) is 4.39 Å². The number of nitrogens with one attached hydrogen (secondary N) is 1. The first-order chi connectivity index (χ1) is 9.51. The summed E-state index contributed by atoms with van der Waals surface area (Å²) in [4.78, 5) is 0. The lowest BCUT2D eigenvalue weighted by atomic mass is 10.1. The summed E-state index contributed by atoms with van der Waals surface area (Å²) in [6.07, 6.45) is 0. The number of halogens is 2. The Morgan fingerprint density at radius 1 is 1.25 bits per heavy atom. The highest BCUT2D eigenvalue weighted by atomic mass is 79.9. The number of methoxy groups -OCH3 is 1. The Balaban J connectivity index is 2.29.